The molecule has 0 aliphatic carbocycles. The number of alkyl halides is 1. The van der Waals surface area contributed by atoms with Gasteiger partial charge in [0.1, 0.15) is 17.6 Å². The lowest BCUT2D eigenvalue weighted by Crippen LogP contribution is -2.34. The molecule has 2 N–H and O–H groups in total. The molecule has 0 saturated carbocycles. The van der Waals surface area contributed by atoms with Gasteiger partial charge in [-0.1, -0.05) is 26.0 Å². The van der Waals surface area contributed by atoms with Gasteiger partial charge in [0.05, 0.1) is 22.9 Å². The standard InChI is InChI=1S/C25H18F3N5O3S.C2H6.2H2/c26-17-6-7-33(13-17)37(35,36)32-21-5-4-20(27)22(23(21)28)24(34)19-12-31-25-18(19)9-16(11-30-25)15-3-1-2-14(8-15)10-29;1-2;;/h1-5,8-9,11-12,17,32H,6-7,13H2,(H,30,31);1-2H3;2*1H/t17-;;;/m1.../s1. The number of hydrogen-bond donors (Lipinski definition) is 2. The van der Waals surface area contributed by atoms with Gasteiger partial charge in [-0.3, -0.25) is 9.52 Å². The van der Waals surface area contributed by atoms with Crippen molar-refractivity contribution in [2.75, 3.05) is 17.8 Å². The Bertz CT molecular complexity index is 1710. The predicted molar refractivity (Wildman–Crippen MR) is 145 cm³/mol. The zero-order valence-electron chi connectivity index (χ0n) is 21.0. The average Bonchev–Trinajstić information content (AvgIpc) is 3.58. The molecule has 12 heteroatoms. The fourth-order valence-corrected chi connectivity index (χ4v) is 5.47. The highest BCUT2D eigenvalue weighted by atomic mass is 32.2. The number of pyridine rings is 1. The molecule has 1 aliphatic rings. The maximum atomic E-state index is 15.4. The molecule has 1 fully saturated rings. The van der Waals surface area contributed by atoms with E-state index in [0.717, 1.165) is 16.4 Å². The Kier molecular flexibility index (Phi) is 8.03. The van der Waals surface area contributed by atoms with Gasteiger partial charge in [0.15, 0.2) is 5.82 Å². The smallest absolute Gasteiger partial charge is 0.301 e. The van der Waals surface area contributed by atoms with E-state index in [2.05, 4.69) is 9.97 Å². The minimum Gasteiger partial charge on any atom is -0.345 e. The van der Waals surface area contributed by atoms with Crippen LogP contribution >= 0.6 is 0 Å². The number of aromatic nitrogens is 2. The van der Waals surface area contributed by atoms with Crippen molar-refractivity contribution in [3.8, 4) is 17.2 Å². The molecule has 3 heterocycles. The first-order valence-electron chi connectivity index (χ1n) is 12.1. The summed E-state index contributed by atoms with van der Waals surface area (Å²) in [5.41, 5.74) is 0.246. The van der Waals surface area contributed by atoms with E-state index >= 15 is 4.39 Å². The number of benzene rings is 2. The zero-order valence-corrected chi connectivity index (χ0v) is 21.8. The van der Waals surface area contributed by atoms with Gasteiger partial charge >= 0.3 is 10.2 Å². The third-order valence-corrected chi connectivity index (χ3v) is 7.58. The van der Waals surface area contributed by atoms with Gasteiger partial charge in [0.25, 0.3) is 0 Å². The summed E-state index contributed by atoms with van der Waals surface area (Å²) >= 11 is 0. The van der Waals surface area contributed by atoms with Gasteiger partial charge in [-0.15, -0.1) is 0 Å². The monoisotopic (exact) mass is 559 g/mol. The van der Waals surface area contributed by atoms with Crippen molar-refractivity contribution in [3.05, 3.63) is 83.2 Å². The maximum Gasteiger partial charge on any atom is 0.301 e. The number of ketones is 1. The lowest BCUT2D eigenvalue weighted by Gasteiger charge is -2.18. The summed E-state index contributed by atoms with van der Waals surface area (Å²) in [6, 6.07) is 12.0. The van der Waals surface area contributed by atoms with E-state index in [1.807, 2.05) is 24.6 Å². The van der Waals surface area contributed by atoms with E-state index in [-0.39, 0.29) is 39.0 Å². The fraction of sp³-hybridized carbons (Fsp3) is 0.222. The first-order chi connectivity index (χ1) is 18.7. The number of nitrogens with zero attached hydrogens (tertiary/aromatic N) is 3. The van der Waals surface area contributed by atoms with E-state index in [4.69, 9.17) is 5.26 Å². The molecule has 2 aromatic carbocycles. The molecule has 0 bridgehead atoms. The van der Waals surface area contributed by atoms with Crippen LogP contribution in [0.5, 0.6) is 0 Å². The van der Waals surface area contributed by atoms with E-state index in [1.165, 1.54) is 12.4 Å². The highest BCUT2D eigenvalue weighted by Crippen LogP contribution is 2.30. The van der Waals surface area contributed by atoms with Gasteiger partial charge in [-0.2, -0.15) is 18.0 Å². The number of carbonyl (C=O) groups is 1. The number of anilines is 1. The Morgan fingerprint density at radius 1 is 1.21 bits per heavy atom. The minimum atomic E-state index is -4.32. The fourth-order valence-electron chi connectivity index (χ4n) is 4.20. The van der Waals surface area contributed by atoms with Crippen LogP contribution in [0.15, 0.2) is 54.9 Å². The largest absolute Gasteiger partial charge is 0.345 e. The number of H-pyrrole nitrogens is 1. The summed E-state index contributed by atoms with van der Waals surface area (Å²) < 4.78 is 71.5. The van der Waals surface area contributed by atoms with E-state index in [9.17, 15) is 22.0 Å². The third-order valence-electron chi connectivity index (χ3n) is 6.09. The molecule has 1 saturated heterocycles. The summed E-state index contributed by atoms with van der Waals surface area (Å²) in [5, 5.41) is 9.44. The van der Waals surface area contributed by atoms with Crippen molar-refractivity contribution in [2.24, 2.45) is 0 Å². The van der Waals surface area contributed by atoms with Crippen LogP contribution in [-0.4, -0.2) is 47.7 Å². The van der Waals surface area contributed by atoms with Crippen LogP contribution in [0, 0.1) is 23.0 Å². The summed E-state index contributed by atoms with van der Waals surface area (Å²) in [7, 11) is -4.32. The third kappa shape index (κ3) is 5.50. The topological polar surface area (TPSA) is 119 Å². The molecular formula is C27H28F3N5O3S. The van der Waals surface area contributed by atoms with Crippen molar-refractivity contribution in [3.63, 3.8) is 0 Å². The SMILES string of the molecule is CC.N#Cc1cccc(-c2cnc3[nH]cc(C(=O)c4c(F)ccc(NS(=O)(=O)N5CC[C@@H](F)C5)c4F)c3c2)c1.[HH].[HH]. The zero-order chi connectivity index (χ0) is 28.3. The first-order valence-corrected chi connectivity index (χ1v) is 13.5. The van der Waals surface area contributed by atoms with Crippen molar-refractivity contribution in [1.29, 1.82) is 5.26 Å². The highest BCUT2D eigenvalue weighted by Gasteiger charge is 2.33. The van der Waals surface area contributed by atoms with Crippen molar-refractivity contribution >= 4 is 32.7 Å². The normalized spacial score (nSPS) is 15.4. The Morgan fingerprint density at radius 2 is 1.97 bits per heavy atom. The molecule has 0 spiro atoms. The number of nitrogens with one attached hydrogen (secondary N) is 2. The average molecular weight is 560 g/mol. The summed E-state index contributed by atoms with van der Waals surface area (Å²) in [5.74, 6) is -3.61. The van der Waals surface area contributed by atoms with Gasteiger partial charge in [-0.05, 0) is 42.3 Å². The van der Waals surface area contributed by atoms with Crippen LogP contribution in [0.3, 0.4) is 0 Å². The number of aromatic amines is 1. The first kappa shape index (κ1) is 27.8. The number of hydrogen-bond acceptors (Lipinski definition) is 5. The molecule has 5 rings (SSSR count). The summed E-state index contributed by atoms with van der Waals surface area (Å²) in [6.07, 6.45) is 1.46. The second kappa shape index (κ2) is 11.3. The molecule has 0 unspecified atom stereocenters. The Hall–Kier alpha value is -4.21. The minimum absolute atomic E-state index is 0. The van der Waals surface area contributed by atoms with Crippen LogP contribution in [0.25, 0.3) is 22.2 Å². The van der Waals surface area contributed by atoms with Gasteiger partial charge in [0.2, 0.25) is 5.78 Å². The van der Waals surface area contributed by atoms with Crippen molar-refractivity contribution in [2.45, 2.75) is 26.4 Å². The van der Waals surface area contributed by atoms with Crippen LogP contribution < -0.4 is 4.72 Å². The van der Waals surface area contributed by atoms with Crippen molar-refractivity contribution in [1.82, 2.24) is 14.3 Å². The maximum absolute atomic E-state index is 15.4. The molecule has 8 nitrogen and oxygen atoms in total. The van der Waals surface area contributed by atoms with E-state index in [1.54, 1.807) is 30.3 Å². The molecule has 206 valence electrons. The molecular weight excluding hydrogens is 531 g/mol. The number of carbonyl (C=O) groups excluding carboxylic acids is 1. The van der Waals surface area contributed by atoms with Gasteiger partial charge in [-0.25, -0.2) is 18.2 Å². The van der Waals surface area contributed by atoms with Gasteiger partial charge in [0, 0.05) is 44.8 Å². The Morgan fingerprint density at radius 3 is 2.67 bits per heavy atom. The molecule has 1 atom stereocenters. The lowest BCUT2D eigenvalue weighted by atomic mass is 9.99. The molecule has 0 radical (unpaired) electrons. The second-order valence-corrected chi connectivity index (χ2v) is 10.1. The molecule has 0 amide bonds. The molecule has 1 aliphatic heterocycles. The number of halogens is 3. The van der Waals surface area contributed by atoms with Crippen LogP contribution in [0.2, 0.25) is 0 Å². The lowest BCUT2D eigenvalue weighted by molar-refractivity contribution is 0.103. The number of rotatable bonds is 6. The number of fused-ring (bicyclic) bond motifs is 1. The van der Waals surface area contributed by atoms with E-state index in [0.29, 0.717) is 16.7 Å². The summed E-state index contributed by atoms with van der Waals surface area (Å²) in [6.45, 7) is 3.53. The number of nitriles is 1. The van der Waals surface area contributed by atoms with Crippen LogP contribution in [-0.2, 0) is 10.2 Å². The predicted octanol–water partition coefficient (Wildman–Crippen LogP) is 5.83. The summed E-state index contributed by atoms with van der Waals surface area (Å²) in [4.78, 5) is 20.4. The van der Waals surface area contributed by atoms with Gasteiger partial charge < -0.3 is 4.98 Å². The second-order valence-electron chi connectivity index (χ2n) is 8.48. The van der Waals surface area contributed by atoms with Crippen LogP contribution in [0.1, 0.15) is 44.6 Å². The molecule has 2 aromatic heterocycles. The van der Waals surface area contributed by atoms with Crippen molar-refractivity contribution < 1.29 is 29.2 Å². The molecule has 39 heavy (non-hydrogen) atoms. The highest BCUT2D eigenvalue weighted by molar-refractivity contribution is 7.90. The molecule has 4 aromatic rings. The van der Waals surface area contributed by atoms with Crippen LogP contribution in [0.4, 0.5) is 18.9 Å². The Balaban J connectivity index is 0.00000144. The Labute approximate surface area is 226 Å². The quantitative estimate of drug-likeness (QED) is 0.288. The van der Waals surface area contributed by atoms with E-state index < -0.39 is 45.0 Å².